The van der Waals surface area contributed by atoms with E-state index in [4.69, 9.17) is 14.4 Å². The van der Waals surface area contributed by atoms with Gasteiger partial charge in [0.05, 0.1) is 29.4 Å². The van der Waals surface area contributed by atoms with Gasteiger partial charge >= 0.3 is 12.1 Å². The Morgan fingerprint density at radius 3 is 2.64 bits per heavy atom. The number of carboxylic acids is 1. The third kappa shape index (κ3) is 5.03. The number of aromatic nitrogens is 4. The summed E-state index contributed by atoms with van der Waals surface area (Å²) in [7, 11) is 1.68. The Bertz CT molecular complexity index is 1280. The molecule has 0 saturated heterocycles. The summed E-state index contributed by atoms with van der Waals surface area (Å²) in [6.45, 7) is 0.00298. The Labute approximate surface area is 185 Å². The van der Waals surface area contributed by atoms with Gasteiger partial charge in [0.15, 0.2) is 0 Å². The molecule has 2 aromatic carbocycles. The van der Waals surface area contributed by atoms with Crippen molar-refractivity contribution in [1.82, 2.24) is 19.9 Å². The molecule has 0 unspecified atom stereocenters. The molecule has 0 aliphatic carbocycles. The molecule has 0 aliphatic rings. The average molecular weight is 458 g/mol. The van der Waals surface area contributed by atoms with Crippen LogP contribution in [0.5, 0.6) is 5.75 Å². The zero-order chi connectivity index (χ0) is 23.6. The van der Waals surface area contributed by atoms with E-state index in [2.05, 4.69) is 15.2 Å². The van der Waals surface area contributed by atoms with Crippen molar-refractivity contribution >= 4 is 5.97 Å². The Kier molecular flexibility index (Phi) is 5.86. The summed E-state index contributed by atoms with van der Waals surface area (Å²) in [5, 5.41) is 17.1. The van der Waals surface area contributed by atoms with Crippen LogP contribution in [0.1, 0.15) is 16.8 Å². The van der Waals surface area contributed by atoms with E-state index in [1.807, 2.05) is 0 Å². The fraction of sp³-hybridized carbons (Fsp3) is 0.182. The lowest BCUT2D eigenvalue weighted by molar-refractivity contribution is -0.138. The molecule has 170 valence electrons. The molecule has 33 heavy (non-hydrogen) atoms. The summed E-state index contributed by atoms with van der Waals surface area (Å²) in [5.74, 6) is -0.242. The summed E-state index contributed by atoms with van der Waals surface area (Å²) in [4.78, 5) is 15.3. The van der Waals surface area contributed by atoms with Gasteiger partial charge in [-0.15, -0.1) is 0 Å². The first-order valence-electron chi connectivity index (χ1n) is 9.67. The Morgan fingerprint density at radius 2 is 1.94 bits per heavy atom. The number of nitrogens with zero attached hydrogens (tertiary/aromatic N) is 4. The van der Waals surface area contributed by atoms with Crippen LogP contribution in [-0.4, -0.2) is 31.0 Å². The number of aliphatic carboxylic acids is 1. The van der Waals surface area contributed by atoms with Crippen LogP contribution in [0.3, 0.4) is 0 Å². The molecule has 0 saturated carbocycles. The van der Waals surface area contributed by atoms with Crippen LogP contribution in [0.2, 0.25) is 0 Å². The molecule has 0 spiro atoms. The van der Waals surface area contributed by atoms with Crippen LogP contribution in [0.4, 0.5) is 13.2 Å². The molecule has 0 atom stereocenters. The van der Waals surface area contributed by atoms with Crippen LogP contribution in [0.15, 0.2) is 59.3 Å². The molecule has 0 bridgehead atoms. The normalized spacial score (nSPS) is 11.5. The molecule has 11 heteroatoms. The Morgan fingerprint density at radius 1 is 1.18 bits per heavy atom. The SMILES string of the molecule is Cn1ncc(-c2nc(-c3cccc(CC(=O)O)c3)no2)c1COc1ccc(C(F)(F)F)cc1. The van der Waals surface area contributed by atoms with Crippen molar-refractivity contribution in [3.63, 3.8) is 0 Å². The minimum absolute atomic E-state index is 0.00298. The lowest BCUT2D eigenvalue weighted by Gasteiger charge is -2.10. The van der Waals surface area contributed by atoms with Gasteiger partial charge in [-0.25, -0.2) is 0 Å². The van der Waals surface area contributed by atoms with Crippen molar-refractivity contribution in [1.29, 1.82) is 0 Å². The zero-order valence-electron chi connectivity index (χ0n) is 17.2. The highest BCUT2D eigenvalue weighted by Gasteiger charge is 2.30. The molecule has 2 aromatic heterocycles. The van der Waals surface area contributed by atoms with Crippen LogP contribution in [-0.2, 0) is 31.0 Å². The highest BCUT2D eigenvalue weighted by molar-refractivity contribution is 5.71. The molecule has 0 fully saturated rings. The summed E-state index contributed by atoms with van der Waals surface area (Å²) < 4.78 is 50.7. The second-order valence-corrected chi connectivity index (χ2v) is 7.13. The second-order valence-electron chi connectivity index (χ2n) is 7.13. The van der Waals surface area contributed by atoms with Crippen LogP contribution in [0.25, 0.3) is 22.8 Å². The van der Waals surface area contributed by atoms with E-state index in [9.17, 15) is 18.0 Å². The molecule has 1 N–H and O–H groups in total. The minimum Gasteiger partial charge on any atom is -0.487 e. The number of ether oxygens (including phenoxy) is 1. The molecule has 4 aromatic rings. The van der Waals surface area contributed by atoms with Crippen LogP contribution in [0, 0.1) is 0 Å². The molecular weight excluding hydrogens is 441 g/mol. The van der Waals surface area contributed by atoms with E-state index in [0.29, 0.717) is 22.4 Å². The van der Waals surface area contributed by atoms with Gasteiger partial charge in [-0.3, -0.25) is 9.48 Å². The van der Waals surface area contributed by atoms with E-state index in [1.54, 1.807) is 31.3 Å². The number of hydrogen-bond acceptors (Lipinski definition) is 6. The molecule has 0 amide bonds. The average Bonchev–Trinajstić information content (AvgIpc) is 3.38. The van der Waals surface area contributed by atoms with Crippen molar-refractivity contribution < 1.29 is 32.3 Å². The van der Waals surface area contributed by atoms with Gasteiger partial charge in [-0.1, -0.05) is 23.4 Å². The molecule has 4 rings (SSSR count). The van der Waals surface area contributed by atoms with E-state index in [0.717, 1.165) is 12.1 Å². The number of aryl methyl sites for hydroxylation is 1. The third-order valence-electron chi connectivity index (χ3n) is 4.82. The second kappa shape index (κ2) is 8.77. The molecule has 2 heterocycles. The largest absolute Gasteiger partial charge is 0.487 e. The molecule has 0 aliphatic heterocycles. The van der Waals surface area contributed by atoms with Gasteiger partial charge in [-0.05, 0) is 35.9 Å². The smallest absolute Gasteiger partial charge is 0.416 e. The van der Waals surface area contributed by atoms with Gasteiger partial charge in [0.1, 0.15) is 12.4 Å². The fourth-order valence-corrected chi connectivity index (χ4v) is 3.15. The topological polar surface area (TPSA) is 103 Å². The van der Waals surface area contributed by atoms with Crippen molar-refractivity contribution in [2.24, 2.45) is 7.05 Å². The number of alkyl halides is 3. The predicted molar refractivity (Wildman–Crippen MR) is 109 cm³/mol. The number of halogens is 3. The lowest BCUT2D eigenvalue weighted by Crippen LogP contribution is -2.06. The first-order valence-corrected chi connectivity index (χ1v) is 9.67. The van der Waals surface area contributed by atoms with Crippen LogP contribution < -0.4 is 4.74 Å². The number of carboxylic acid groups (broad SMARTS) is 1. The van der Waals surface area contributed by atoms with Gasteiger partial charge in [-0.2, -0.15) is 23.3 Å². The maximum Gasteiger partial charge on any atom is 0.416 e. The molecule has 0 radical (unpaired) electrons. The standard InChI is InChI=1S/C22H17F3N4O4/c1-29-18(12-32-16-7-5-15(6-8-16)22(23,24)25)17(11-26-29)21-27-20(28-33-21)14-4-2-3-13(9-14)10-19(30)31/h2-9,11H,10,12H2,1H3,(H,30,31). The van der Waals surface area contributed by atoms with E-state index in [1.165, 1.54) is 23.0 Å². The number of rotatable bonds is 7. The minimum atomic E-state index is -4.42. The number of carbonyl (C=O) groups is 1. The highest BCUT2D eigenvalue weighted by Crippen LogP contribution is 2.31. The van der Waals surface area contributed by atoms with Crippen molar-refractivity contribution in [3.05, 3.63) is 71.5 Å². The number of benzene rings is 2. The summed E-state index contributed by atoms with van der Waals surface area (Å²) in [6.07, 6.45) is -3.03. The van der Waals surface area contributed by atoms with Gasteiger partial charge in [0.2, 0.25) is 5.82 Å². The quantitative estimate of drug-likeness (QED) is 0.439. The maximum atomic E-state index is 12.7. The molecular formula is C22H17F3N4O4. The van der Waals surface area contributed by atoms with Crippen molar-refractivity contribution in [3.8, 4) is 28.6 Å². The van der Waals surface area contributed by atoms with Crippen molar-refractivity contribution in [2.45, 2.75) is 19.2 Å². The number of hydrogen-bond donors (Lipinski definition) is 1. The lowest BCUT2D eigenvalue weighted by atomic mass is 10.1. The Balaban J connectivity index is 1.53. The van der Waals surface area contributed by atoms with E-state index in [-0.39, 0.29) is 30.5 Å². The predicted octanol–water partition coefficient (Wildman–Crippen LogP) is 4.36. The first kappa shape index (κ1) is 22.1. The summed E-state index contributed by atoms with van der Waals surface area (Å²) >= 11 is 0. The fourth-order valence-electron chi connectivity index (χ4n) is 3.15. The summed E-state index contributed by atoms with van der Waals surface area (Å²) in [5.41, 5.74) is 1.50. The van der Waals surface area contributed by atoms with E-state index >= 15 is 0 Å². The van der Waals surface area contributed by atoms with Gasteiger partial charge in [0.25, 0.3) is 5.89 Å². The first-order chi connectivity index (χ1) is 15.7. The Hall–Kier alpha value is -4.15. The monoisotopic (exact) mass is 458 g/mol. The van der Waals surface area contributed by atoms with Gasteiger partial charge in [0, 0.05) is 12.6 Å². The highest BCUT2D eigenvalue weighted by atomic mass is 19.4. The maximum absolute atomic E-state index is 12.7. The van der Waals surface area contributed by atoms with Gasteiger partial charge < -0.3 is 14.4 Å². The van der Waals surface area contributed by atoms with Crippen molar-refractivity contribution in [2.75, 3.05) is 0 Å². The third-order valence-corrected chi connectivity index (χ3v) is 4.82. The van der Waals surface area contributed by atoms with Crippen LogP contribution >= 0.6 is 0 Å². The molecule has 8 nitrogen and oxygen atoms in total. The zero-order valence-corrected chi connectivity index (χ0v) is 17.2. The summed E-state index contributed by atoms with van der Waals surface area (Å²) in [6, 6.07) is 11.2. The van der Waals surface area contributed by atoms with E-state index < -0.39 is 17.7 Å².